The Hall–Kier alpha value is -2.13. The highest BCUT2D eigenvalue weighted by molar-refractivity contribution is 5.64. The van der Waals surface area contributed by atoms with Crippen LogP contribution in [0.3, 0.4) is 0 Å². The summed E-state index contributed by atoms with van der Waals surface area (Å²) in [6.07, 6.45) is 3.00. The average Bonchev–Trinajstić information content (AvgIpc) is 2.41. The zero-order valence-corrected chi connectivity index (χ0v) is 10.4. The Kier molecular flexibility index (Phi) is 3.97. The lowest BCUT2D eigenvalue weighted by Gasteiger charge is -2.29. The van der Waals surface area contributed by atoms with E-state index in [1.54, 1.807) is 0 Å². The van der Waals surface area contributed by atoms with E-state index in [1.807, 2.05) is 6.07 Å². The Bertz CT molecular complexity index is 524. The number of rotatable bonds is 3. The minimum atomic E-state index is -0.515. The molecule has 0 aliphatic heterocycles. The molecule has 0 bridgehead atoms. The maximum Gasteiger partial charge on any atom is 0.293 e. The number of nitriles is 1. The highest BCUT2D eigenvalue weighted by Crippen LogP contribution is 2.29. The minimum Gasteiger partial charge on any atom is -0.391 e. The van der Waals surface area contributed by atoms with Gasteiger partial charge in [0.15, 0.2) is 0 Å². The average molecular weight is 261 g/mol. The van der Waals surface area contributed by atoms with Crippen LogP contribution in [0.5, 0.6) is 0 Å². The van der Waals surface area contributed by atoms with Crippen LogP contribution in [-0.2, 0) is 0 Å². The highest BCUT2D eigenvalue weighted by Gasteiger charge is 2.25. The van der Waals surface area contributed by atoms with E-state index in [0.717, 1.165) is 19.3 Å². The number of nitro benzene ring substituents is 1. The molecular weight excluding hydrogens is 246 g/mol. The van der Waals surface area contributed by atoms with E-state index in [9.17, 15) is 15.2 Å². The van der Waals surface area contributed by atoms with Crippen molar-refractivity contribution in [3.63, 3.8) is 0 Å². The molecule has 2 atom stereocenters. The van der Waals surface area contributed by atoms with Crippen molar-refractivity contribution in [1.29, 1.82) is 5.26 Å². The van der Waals surface area contributed by atoms with E-state index >= 15 is 0 Å². The molecule has 0 amide bonds. The van der Waals surface area contributed by atoms with E-state index in [4.69, 9.17) is 5.26 Å². The molecule has 0 radical (unpaired) electrons. The summed E-state index contributed by atoms with van der Waals surface area (Å²) in [7, 11) is 0. The lowest BCUT2D eigenvalue weighted by atomic mass is 9.92. The molecular formula is C13H15N3O3. The van der Waals surface area contributed by atoms with E-state index in [-0.39, 0.29) is 17.3 Å². The summed E-state index contributed by atoms with van der Waals surface area (Å²) in [5.74, 6) is 0. The molecule has 1 aliphatic rings. The molecule has 2 N–H and O–H groups in total. The van der Waals surface area contributed by atoms with Crippen molar-refractivity contribution in [2.75, 3.05) is 5.32 Å². The number of nitrogens with one attached hydrogen (secondary N) is 1. The standard InChI is InChI=1S/C13H15N3O3/c14-8-9-5-6-10(12(7-9)16(18)19)15-11-3-1-2-4-13(11)17/h5-7,11,13,15,17H,1-4H2/t11-,13-/m0/s1. The van der Waals surface area contributed by atoms with Gasteiger partial charge in [-0.25, -0.2) is 0 Å². The first-order valence-electron chi connectivity index (χ1n) is 6.25. The number of aliphatic hydroxyl groups is 1. The second kappa shape index (κ2) is 5.67. The summed E-state index contributed by atoms with van der Waals surface area (Å²) >= 11 is 0. The topological polar surface area (TPSA) is 99.2 Å². The number of anilines is 1. The smallest absolute Gasteiger partial charge is 0.293 e. The molecule has 0 spiro atoms. The molecule has 100 valence electrons. The van der Waals surface area contributed by atoms with Crippen LogP contribution in [-0.4, -0.2) is 22.2 Å². The Morgan fingerprint density at radius 1 is 1.42 bits per heavy atom. The molecule has 1 aromatic carbocycles. The van der Waals surface area contributed by atoms with Gasteiger partial charge >= 0.3 is 0 Å². The van der Waals surface area contributed by atoms with Gasteiger partial charge in [0.2, 0.25) is 0 Å². The van der Waals surface area contributed by atoms with E-state index < -0.39 is 11.0 Å². The summed E-state index contributed by atoms with van der Waals surface area (Å²) in [4.78, 5) is 10.5. The van der Waals surface area contributed by atoms with Gasteiger partial charge in [-0.1, -0.05) is 12.8 Å². The first kappa shape index (κ1) is 13.3. The van der Waals surface area contributed by atoms with Gasteiger partial charge in [-0.15, -0.1) is 0 Å². The van der Waals surface area contributed by atoms with Crippen molar-refractivity contribution < 1.29 is 10.0 Å². The summed E-state index contributed by atoms with van der Waals surface area (Å²) in [6, 6.07) is 6.02. The van der Waals surface area contributed by atoms with Gasteiger partial charge in [-0.2, -0.15) is 5.26 Å². The predicted octanol–water partition coefficient (Wildman–Crippen LogP) is 2.18. The first-order chi connectivity index (χ1) is 9.11. The monoisotopic (exact) mass is 261 g/mol. The van der Waals surface area contributed by atoms with Crippen molar-refractivity contribution in [3.05, 3.63) is 33.9 Å². The van der Waals surface area contributed by atoms with Gasteiger partial charge in [0.25, 0.3) is 5.69 Å². The van der Waals surface area contributed by atoms with E-state index in [2.05, 4.69) is 5.32 Å². The molecule has 1 aromatic rings. The van der Waals surface area contributed by atoms with Gasteiger partial charge in [0, 0.05) is 6.07 Å². The maximum atomic E-state index is 11.0. The lowest BCUT2D eigenvalue weighted by molar-refractivity contribution is -0.384. The van der Waals surface area contributed by atoms with Gasteiger partial charge in [0.1, 0.15) is 5.69 Å². The van der Waals surface area contributed by atoms with Crippen molar-refractivity contribution in [2.24, 2.45) is 0 Å². The van der Waals surface area contributed by atoms with E-state index in [1.165, 1.54) is 18.2 Å². The molecule has 0 unspecified atom stereocenters. The number of aliphatic hydroxyl groups excluding tert-OH is 1. The van der Waals surface area contributed by atoms with Crippen molar-refractivity contribution in [3.8, 4) is 6.07 Å². The predicted molar refractivity (Wildman–Crippen MR) is 69.7 cm³/mol. The highest BCUT2D eigenvalue weighted by atomic mass is 16.6. The van der Waals surface area contributed by atoms with Gasteiger partial charge in [0.05, 0.1) is 28.7 Å². The molecule has 0 aromatic heterocycles. The van der Waals surface area contributed by atoms with E-state index in [0.29, 0.717) is 12.1 Å². The maximum absolute atomic E-state index is 11.0. The third-order valence-electron chi connectivity index (χ3n) is 3.39. The summed E-state index contributed by atoms with van der Waals surface area (Å²) in [5, 5.41) is 32.7. The molecule has 0 saturated heterocycles. The van der Waals surface area contributed by atoms with Gasteiger partial charge < -0.3 is 10.4 Å². The molecule has 19 heavy (non-hydrogen) atoms. The SMILES string of the molecule is N#Cc1ccc(N[C@H]2CCCC[C@@H]2O)c([N+](=O)[O-])c1. The fourth-order valence-corrected chi connectivity index (χ4v) is 2.35. The number of hydrogen-bond acceptors (Lipinski definition) is 5. The summed E-state index contributed by atoms with van der Waals surface area (Å²) < 4.78 is 0. The molecule has 0 heterocycles. The number of nitrogens with zero attached hydrogens (tertiary/aromatic N) is 2. The largest absolute Gasteiger partial charge is 0.391 e. The minimum absolute atomic E-state index is 0.128. The van der Waals surface area contributed by atoms with Gasteiger partial charge in [-0.05, 0) is 25.0 Å². The van der Waals surface area contributed by atoms with Gasteiger partial charge in [-0.3, -0.25) is 10.1 Å². The second-order valence-corrected chi connectivity index (χ2v) is 4.70. The number of hydrogen-bond donors (Lipinski definition) is 2. The van der Waals surface area contributed by atoms with Crippen LogP contribution in [0.15, 0.2) is 18.2 Å². The fourth-order valence-electron chi connectivity index (χ4n) is 2.35. The summed E-state index contributed by atoms with van der Waals surface area (Å²) in [6.45, 7) is 0. The second-order valence-electron chi connectivity index (χ2n) is 4.70. The van der Waals surface area contributed by atoms with Crippen LogP contribution in [0, 0.1) is 21.4 Å². The summed E-state index contributed by atoms with van der Waals surface area (Å²) in [5.41, 5.74) is 0.480. The Labute approximate surface area is 110 Å². The molecule has 1 fully saturated rings. The van der Waals surface area contributed by atoms with Crippen LogP contribution >= 0.6 is 0 Å². The fraction of sp³-hybridized carbons (Fsp3) is 0.462. The zero-order valence-electron chi connectivity index (χ0n) is 10.4. The third-order valence-corrected chi connectivity index (χ3v) is 3.39. The quantitative estimate of drug-likeness (QED) is 0.641. The molecule has 1 aliphatic carbocycles. The Morgan fingerprint density at radius 2 is 2.16 bits per heavy atom. The molecule has 1 saturated carbocycles. The van der Waals surface area contributed by atoms with Crippen LogP contribution in [0.1, 0.15) is 31.2 Å². The molecule has 2 rings (SSSR count). The number of benzene rings is 1. The van der Waals surface area contributed by atoms with Crippen LogP contribution in [0.2, 0.25) is 0 Å². The number of nitro groups is 1. The van der Waals surface area contributed by atoms with Crippen molar-refractivity contribution >= 4 is 11.4 Å². The zero-order chi connectivity index (χ0) is 13.8. The normalized spacial score (nSPS) is 22.5. The Morgan fingerprint density at radius 3 is 2.79 bits per heavy atom. The van der Waals surface area contributed by atoms with Crippen molar-refractivity contribution in [1.82, 2.24) is 0 Å². The molecule has 6 nitrogen and oxygen atoms in total. The molecule has 6 heteroatoms. The van der Waals surface area contributed by atoms with Crippen LogP contribution in [0.25, 0.3) is 0 Å². The van der Waals surface area contributed by atoms with Crippen molar-refractivity contribution in [2.45, 2.75) is 37.8 Å². The lowest BCUT2D eigenvalue weighted by Crippen LogP contribution is -2.36. The van der Waals surface area contributed by atoms with Crippen LogP contribution in [0.4, 0.5) is 11.4 Å². The Balaban J connectivity index is 2.24. The first-order valence-corrected chi connectivity index (χ1v) is 6.25. The third kappa shape index (κ3) is 3.01. The van der Waals surface area contributed by atoms with Crippen LogP contribution < -0.4 is 5.32 Å².